The Balaban J connectivity index is 2.16. The van der Waals surface area contributed by atoms with Gasteiger partial charge in [0.05, 0.1) is 0 Å². The van der Waals surface area contributed by atoms with Crippen molar-refractivity contribution in [3.63, 3.8) is 0 Å². The molecule has 0 aromatic heterocycles. The molecule has 0 spiro atoms. The average molecular weight is 293 g/mol. The Morgan fingerprint density at radius 3 is 2.80 bits per heavy atom. The van der Waals surface area contributed by atoms with Gasteiger partial charge in [-0.1, -0.05) is 43.7 Å². The summed E-state index contributed by atoms with van der Waals surface area (Å²) < 4.78 is 5.65. The maximum Gasteiger partial charge on any atom is 0.124 e. The number of hydrogen-bond acceptors (Lipinski definition) is 3. The van der Waals surface area contributed by atoms with Crippen LogP contribution in [0, 0.1) is 0 Å². The maximum atomic E-state index is 5.65. The fraction of sp³-hybridized carbons (Fsp3) is 0.529. The number of nitrogens with one attached hydrogen (secondary N) is 1. The molecule has 1 aromatic carbocycles. The van der Waals surface area contributed by atoms with Gasteiger partial charge in [0.1, 0.15) is 12.4 Å². The first-order valence-corrected chi connectivity index (χ1v) is 8.79. The fourth-order valence-corrected chi connectivity index (χ4v) is 2.51. The zero-order chi connectivity index (χ0) is 14.5. The van der Waals surface area contributed by atoms with E-state index >= 15 is 0 Å². The Morgan fingerprint density at radius 1 is 1.20 bits per heavy atom. The third-order valence-electron chi connectivity index (χ3n) is 3.10. The number of thioether (sulfide) groups is 1. The molecule has 0 atom stereocenters. The lowest BCUT2D eigenvalue weighted by atomic mass is 10.2. The fourth-order valence-electron chi connectivity index (χ4n) is 2.01. The zero-order valence-corrected chi connectivity index (χ0v) is 13.4. The van der Waals surface area contributed by atoms with Crippen molar-refractivity contribution in [1.82, 2.24) is 5.32 Å². The van der Waals surface area contributed by atoms with Crippen molar-refractivity contribution in [1.29, 1.82) is 0 Å². The Labute approximate surface area is 128 Å². The second-order valence-corrected chi connectivity index (χ2v) is 5.78. The van der Waals surface area contributed by atoms with Gasteiger partial charge in [-0.15, -0.1) is 0 Å². The summed E-state index contributed by atoms with van der Waals surface area (Å²) in [6.07, 6.45) is 9.22. The summed E-state index contributed by atoms with van der Waals surface area (Å²) in [4.78, 5) is 0. The largest absolute Gasteiger partial charge is 0.489 e. The first kappa shape index (κ1) is 17.1. The van der Waals surface area contributed by atoms with Crippen molar-refractivity contribution in [2.75, 3.05) is 25.2 Å². The van der Waals surface area contributed by atoms with Crippen LogP contribution in [0.15, 0.2) is 36.9 Å². The van der Waals surface area contributed by atoms with Gasteiger partial charge in [-0.05, 0) is 37.5 Å². The SMILES string of the molecule is C=CCOc1ccccc1CNCCCCCCSC. The molecule has 0 fully saturated rings. The highest BCUT2D eigenvalue weighted by Crippen LogP contribution is 2.17. The number of ether oxygens (including phenoxy) is 1. The average Bonchev–Trinajstić information content (AvgIpc) is 2.49. The first-order valence-electron chi connectivity index (χ1n) is 7.39. The molecule has 0 unspecified atom stereocenters. The lowest BCUT2D eigenvalue weighted by Crippen LogP contribution is -2.15. The molecule has 0 saturated heterocycles. The van der Waals surface area contributed by atoms with Crippen LogP contribution in [0.3, 0.4) is 0 Å². The molecular formula is C17H27NOS. The molecule has 0 aliphatic heterocycles. The molecule has 0 saturated carbocycles. The summed E-state index contributed by atoms with van der Waals surface area (Å²) in [7, 11) is 0. The Kier molecular flexibility index (Phi) is 10.2. The van der Waals surface area contributed by atoms with E-state index in [1.807, 2.05) is 23.9 Å². The van der Waals surface area contributed by atoms with Crippen LogP contribution in [0.2, 0.25) is 0 Å². The molecule has 0 amide bonds. The number of unbranched alkanes of at least 4 members (excludes halogenated alkanes) is 3. The predicted molar refractivity (Wildman–Crippen MR) is 90.7 cm³/mol. The monoisotopic (exact) mass is 293 g/mol. The Morgan fingerprint density at radius 2 is 2.00 bits per heavy atom. The Bertz CT molecular complexity index is 368. The first-order chi connectivity index (χ1) is 9.88. The predicted octanol–water partition coefficient (Wildman–Crippen LogP) is 4.26. The minimum atomic E-state index is 0.562. The number of hydrogen-bond donors (Lipinski definition) is 1. The van der Waals surface area contributed by atoms with Gasteiger partial charge >= 0.3 is 0 Å². The van der Waals surface area contributed by atoms with Crippen LogP contribution in [0.5, 0.6) is 5.75 Å². The van der Waals surface area contributed by atoms with Crippen LogP contribution < -0.4 is 10.1 Å². The highest BCUT2D eigenvalue weighted by molar-refractivity contribution is 7.98. The number of para-hydroxylation sites is 1. The highest BCUT2D eigenvalue weighted by Gasteiger charge is 2.01. The molecule has 0 aliphatic rings. The van der Waals surface area contributed by atoms with Crippen molar-refractivity contribution in [2.24, 2.45) is 0 Å². The second kappa shape index (κ2) is 11.9. The van der Waals surface area contributed by atoms with E-state index in [0.29, 0.717) is 6.61 Å². The summed E-state index contributed by atoms with van der Waals surface area (Å²) in [6, 6.07) is 8.20. The van der Waals surface area contributed by atoms with Crippen LogP contribution in [-0.4, -0.2) is 25.2 Å². The van der Waals surface area contributed by atoms with Gasteiger partial charge < -0.3 is 10.1 Å². The van der Waals surface area contributed by atoms with E-state index < -0.39 is 0 Å². The van der Waals surface area contributed by atoms with E-state index in [2.05, 4.69) is 30.3 Å². The summed E-state index contributed by atoms with van der Waals surface area (Å²) in [5, 5.41) is 3.50. The van der Waals surface area contributed by atoms with Gasteiger partial charge in [-0.2, -0.15) is 11.8 Å². The molecule has 0 aliphatic carbocycles. The van der Waals surface area contributed by atoms with Crippen molar-refractivity contribution >= 4 is 11.8 Å². The highest BCUT2D eigenvalue weighted by atomic mass is 32.2. The van der Waals surface area contributed by atoms with Gasteiger partial charge in [0, 0.05) is 12.1 Å². The van der Waals surface area contributed by atoms with Crippen LogP contribution >= 0.6 is 11.8 Å². The van der Waals surface area contributed by atoms with Crippen molar-refractivity contribution in [2.45, 2.75) is 32.2 Å². The lowest BCUT2D eigenvalue weighted by Gasteiger charge is -2.11. The van der Waals surface area contributed by atoms with Crippen molar-refractivity contribution in [3.8, 4) is 5.75 Å². The van der Waals surface area contributed by atoms with Gasteiger partial charge in [0.15, 0.2) is 0 Å². The second-order valence-electron chi connectivity index (χ2n) is 4.79. The smallest absolute Gasteiger partial charge is 0.124 e. The molecule has 112 valence electrons. The summed E-state index contributed by atoms with van der Waals surface area (Å²) >= 11 is 1.94. The van der Waals surface area contributed by atoms with E-state index in [-0.39, 0.29) is 0 Å². The van der Waals surface area contributed by atoms with E-state index in [9.17, 15) is 0 Å². The van der Waals surface area contributed by atoms with E-state index in [1.165, 1.54) is 37.0 Å². The quantitative estimate of drug-likeness (QED) is 0.459. The molecule has 20 heavy (non-hydrogen) atoms. The normalized spacial score (nSPS) is 10.4. The third-order valence-corrected chi connectivity index (χ3v) is 3.79. The summed E-state index contributed by atoms with van der Waals surface area (Å²) in [5.41, 5.74) is 1.22. The van der Waals surface area contributed by atoms with Gasteiger partial charge in [0.25, 0.3) is 0 Å². The maximum absolute atomic E-state index is 5.65. The lowest BCUT2D eigenvalue weighted by molar-refractivity contribution is 0.358. The minimum absolute atomic E-state index is 0.562. The summed E-state index contributed by atoms with van der Waals surface area (Å²) in [6.45, 7) is 6.19. The molecule has 0 heterocycles. The van der Waals surface area contributed by atoms with E-state index in [1.54, 1.807) is 6.08 Å². The van der Waals surface area contributed by atoms with Crippen molar-refractivity contribution in [3.05, 3.63) is 42.5 Å². The van der Waals surface area contributed by atoms with Crippen LogP contribution in [-0.2, 0) is 6.54 Å². The van der Waals surface area contributed by atoms with Crippen LogP contribution in [0.25, 0.3) is 0 Å². The Hall–Kier alpha value is -0.930. The number of benzene rings is 1. The summed E-state index contributed by atoms with van der Waals surface area (Å²) in [5.74, 6) is 2.25. The van der Waals surface area contributed by atoms with Gasteiger partial charge in [-0.3, -0.25) is 0 Å². The molecule has 1 N–H and O–H groups in total. The number of rotatable bonds is 12. The van der Waals surface area contributed by atoms with Crippen LogP contribution in [0.1, 0.15) is 31.2 Å². The molecule has 3 heteroatoms. The molecule has 0 bridgehead atoms. The minimum Gasteiger partial charge on any atom is -0.489 e. The molecular weight excluding hydrogens is 266 g/mol. The van der Waals surface area contributed by atoms with E-state index in [4.69, 9.17) is 4.74 Å². The third kappa shape index (κ3) is 7.61. The van der Waals surface area contributed by atoms with E-state index in [0.717, 1.165) is 18.8 Å². The zero-order valence-electron chi connectivity index (χ0n) is 12.6. The topological polar surface area (TPSA) is 21.3 Å². The molecule has 1 rings (SSSR count). The molecule has 1 aromatic rings. The standard InChI is InChI=1S/C17H27NOS/c1-3-13-19-17-11-7-6-10-16(17)15-18-12-8-4-5-9-14-20-2/h3,6-7,10-11,18H,1,4-5,8-9,12-15H2,2H3. The van der Waals surface area contributed by atoms with Gasteiger partial charge in [-0.25, -0.2) is 0 Å². The van der Waals surface area contributed by atoms with Gasteiger partial charge in [0.2, 0.25) is 0 Å². The van der Waals surface area contributed by atoms with Crippen LogP contribution in [0.4, 0.5) is 0 Å². The van der Waals surface area contributed by atoms with Crippen molar-refractivity contribution < 1.29 is 4.74 Å². The molecule has 2 nitrogen and oxygen atoms in total. The molecule has 0 radical (unpaired) electrons.